The molecule has 1 saturated heterocycles. The van der Waals surface area contributed by atoms with E-state index in [2.05, 4.69) is 10.6 Å². The van der Waals surface area contributed by atoms with Gasteiger partial charge in [0.05, 0.1) is 12.6 Å². The van der Waals surface area contributed by atoms with Crippen molar-refractivity contribution in [2.24, 2.45) is 5.92 Å². The summed E-state index contributed by atoms with van der Waals surface area (Å²) >= 11 is 1.56. The lowest BCUT2D eigenvalue weighted by atomic mass is 9.99. The Hall–Kier alpha value is -2.06. The smallest absolute Gasteiger partial charge is 0.256 e. The Morgan fingerprint density at radius 1 is 1.29 bits per heavy atom. The number of fused-ring (bicyclic) bond motifs is 3. The van der Waals surface area contributed by atoms with Gasteiger partial charge in [-0.25, -0.2) is 0 Å². The summed E-state index contributed by atoms with van der Waals surface area (Å²) in [6.07, 6.45) is 0.824. The van der Waals surface area contributed by atoms with Gasteiger partial charge in [-0.1, -0.05) is 38.5 Å². The monoisotopic (exact) mass is 405 g/mol. The van der Waals surface area contributed by atoms with Crippen LogP contribution in [0.15, 0.2) is 24.3 Å². The van der Waals surface area contributed by atoms with Crippen LogP contribution in [0.3, 0.4) is 0 Å². The maximum atomic E-state index is 12.8. The van der Waals surface area contributed by atoms with E-state index in [9.17, 15) is 19.5 Å². The lowest BCUT2D eigenvalue weighted by Gasteiger charge is -2.26. The Labute approximate surface area is 169 Å². The summed E-state index contributed by atoms with van der Waals surface area (Å²) in [7, 11) is 0. The molecule has 0 saturated carbocycles. The van der Waals surface area contributed by atoms with Gasteiger partial charge in [0.15, 0.2) is 0 Å². The van der Waals surface area contributed by atoms with Gasteiger partial charge in [0, 0.05) is 11.3 Å². The fourth-order valence-corrected chi connectivity index (χ4v) is 5.04. The zero-order valence-electron chi connectivity index (χ0n) is 16.3. The first-order chi connectivity index (χ1) is 13.4. The van der Waals surface area contributed by atoms with Crippen LogP contribution in [0.4, 0.5) is 0 Å². The highest BCUT2D eigenvalue weighted by molar-refractivity contribution is 7.99. The standard InChI is InChI=1S/C20H27N3O4S/c1-4-11(2)15(9-24)22-17(25)12(3)21-18(26)16-10-28-20-14-8-6-5-7-13(14)19(27)23(16)20/h5-8,11-12,15-16,20,24H,4,9-10H2,1-3H3,(H,21,26)(H,22,25). The second kappa shape index (κ2) is 8.53. The first-order valence-corrected chi connectivity index (χ1v) is 10.7. The van der Waals surface area contributed by atoms with E-state index >= 15 is 0 Å². The summed E-state index contributed by atoms with van der Waals surface area (Å²) in [6.45, 7) is 5.40. The van der Waals surface area contributed by atoms with E-state index in [1.54, 1.807) is 29.7 Å². The van der Waals surface area contributed by atoms with Crippen LogP contribution >= 0.6 is 11.8 Å². The highest BCUT2D eigenvalue weighted by Crippen LogP contribution is 2.48. The minimum Gasteiger partial charge on any atom is -0.394 e. The summed E-state index contributed by atoms with van der Waals surface area (Å²) in [5, 5.41) is 14.9. The summed E-state index contributed by atoms with van der Waals surface area (Å²) in [5.41, 5.74) is 1.58. The number of hydrogen-bond donors (Lipinski definition) is 3. The van der Waals surface area contributed by atoms with E-state index in [4.69, 9.17) is 0 Å². The number of benzene rings is 1. The largest absolute Gasteiger partial charge is 0.394 e. The van der Waals surface area contributed by atoms with Crippen molar-refractivity contribution in [2.75, 3.05) is 12.4 Å². The van der Waals surface area contributed by atoms with Gasteiger partial charge >= 0.3 is 0 Å². The molecule has 0 radical (unpaired) electrons. The van der Waals surface area contributed by atoms with Gasteiger partial charge in [-0.15, -0.1) is 11.8 Å². The van der Waals surface area contributed by atoms with Crippen LogP contribution in [-0.2, 0) is 9.59 Å². The van der Waals surface area contributed by atoms with Gasteiger partial charge in [-0.05, 0) is 24.5 Å². The molecule has 2 aliphatic heterocycles. The third-order valence-electron chi connectivity index (χ3n) is 5.60. The number of aliphatic hydroxyl groups is 1. The highest BCUT2D eigenvalue weighted by Gasteiger charge is 2.48. The first kappa shape index (κ1) is 20.7. The molecule has 2 aliphatic rings. The van der Waals surface area contributed by atoms with E-state index in [1.165, 1.54) is 0 Å². The number of rotatable bonds is 7. The predicted molar refractivity (Wildman–Crippen MR) is 108 cm³/mol. The third kappa shape index (κ3) is 3.75. The van der Waals surface area contributed by atoms with Crippen LogP contribution < -0.4 is 10.6 Å². The molecule has 3 amide bonds. The molecule has 1 fully saturated rings. The molecule has 1 aromatic carbocycles. The van der Waals surface area contributed by atoms with Gasteiger partial charge in [0.1, 0.15) is 17.5 Å². The zero-order chi connectivity index (χ0) is 20.4. The molecule has 5 atom stereocenters. The normalized spacial score (nSPS) is 23.6. The van der Waals surface area contributed by atoms with Gasteiger partial charge in [-0.3, -0.25) is 14.4 Å². The lowest BCUT2D eigenvalue weighted by molar-refractivity contribution is -0.131. The molecular formula is C20H27N3O4S. The summed E-state index contributed by atoms with van der Waals surface area (Å²) in [5.74, 6) is -0.185. The maximum absolute atomic E-state index is 12.8. The molecular weight excluding hydrogens is 378 g/mol. The van der Waals surface area contributed by atoms with Gasteiger partial charge in [0.2, 0.25) is 11.8 Å². The fraction of sp³-hybridized carbons (Fsp3) is 0.550. The number of hydrogen-bond acceptors (Lipinski definition) is 5. The predicted octanol–water partition coefficient (Wildman–Crippen LogP) is 1.28. The Bertz CT molecular complexity index is 772. The molecule has 152 valence electrons. The number of carbonyl (C=O) groups excluding carboxylic acids is 3. The molecule has 5 unspecified atom stereocenters. The fourth-order valence-electron chi connectivity index (χ4n) is 3.58. The van der Waals surface area contributed by atoms with Crippen molar-refractivity contribution in [3.63, 3.8) is 0 Å². The van der Waals surface area contributed by atoms with E-state index < -0.39 is 12.1 Å². The zero-order valence-corrected chi connectivity index (χ0v) is 17.2. The number of aliphatic hydroxyl groups excluding tert-OH is 1. The van der Waals surface area contributed by atoms with E-state index in [-0.39, 0.29) is 41.7 Å². The second-order valence-corrected chi connectivity index (χ2v) is 8.53. The molecule has 1 aromatic rings. The topological polar surface area (TPSA) is 98.7 Å². The van der Waals surface area contributed by atoms with Crippen molar-refractivity contribution in [3.8, 4) is 0 Å². The quantitative estimate of drug-likeness (QED) is 0.635. The van der Waals surface area contributed by atoms with Crippen LogP contribution in [0, 0.1) is 5.92 Å². The number of carbonyl (C=O) groups is 3. The average Bonchev–Trinajstić information content (AvgIpc) is 3.25. The number of nitrogens with one attached hydrogen (secondary N) is 2. The van der Waals surface area contributed by atoms with Crippen LogP contribution in [0.2, 0.25) is 0 Å². The van der Waals surface area contributed by atoms with Gasteiger partial charge in [-0.2, -0.15) is 0 Å². The summed E-state index contributed by atoms with van der Waals surface area (Å²) < 4.78 is 0. The van der Waals surface area contributed by atoms with Crippen molar-refractivity contribution < 1.29 is 19.5 Å². The van der Waals surface area contributed by atoms with Crippen LogP contribution in [0.1, 0.15) is 48.5 Å². The molecule has 0 aliphatic carbocycles. The van der Waals surface area contributed by atoms with Crippen LogP contribution in [0.5, 0.6) is 0 Å². The number of nitrogens with zero attached hydrogens (tertiary/aromatic N) is 1. The van der Waals surface area contributed by atoms with Gasteiger partial charge in [0.25, 0.3) is 5.91 Å². The molecule has 28 heavy (non-hydrogen) atoms. The first-order valence-electron chi connectivity index (χ1n) is 9.63. The highest BCUT2D eigenvalue weighted by atomic mass is 32.2. The molecule has 8 heteroatoms. The molecule has 0 bridgehead atoms. The Morgan fingerprint density at radius 3 is 2.68 bits per heavy atom. The molecule has 3 N–H and O–H groups in total. The average molecular weight is 406 g/mol. The maximum Gasteiger partial charge on any atom is 0.256 e. The van der Waals surface area contributed by atoms with Gasteiger partial charge < -0.3 is 20.6 Å². The molecule has 0 aromatic heterocycles. The summed E-state index contributed by atoms with van der Waals surface area (Å²) in [4.78, 5) is 39.6. The lowest BCUT2D eigenvalue weighted by Crippen LogP contribution is -2.54. The summed E-state index contributed by atoms with van der Waals surface area (Å²) in [6, 6.07) is 5.71. The third-order valence-corrected chi connectivity index (χ3v) is 6.91. The van der Waals surface area contributed by atoms with Crippen LogP contribution in [-0.4, -0.2) is 58.2 Å². The number of amides is 3. The molecule has 0 spiro atoms. The van der Waals surface area contributed by atoms with Crippen molar-refractivity contribution >= 4 is 29.5 Å². The minimum atomic E-state index is -0.755. The van der Waals surface area contributed by atoms with Crippen LogP contribution in [0.25, 0.3) is 0 Å². The molecule has 3 rings (SSSR count). The molecule has 2 heterocycles. The van der Waals surface area contributed by atoms with E-state index in [0.29, 0.717) is 11.3 Å². The second-order valence-electron chi connectivity index (χ2n) is 7.41. The van der Waals surface area contributed by atoms with Crippen molar-refractivity contribution in [1.82, 2.24) is 15.5 Å². The Morgan fingerprint density at radius 2 is 2.00 bits per heavy atom. The SMILES string of the molecule is CCC(C)C(CO)NC(=O)C(C)NC(=O)C1CSC2c3ccccc3C(=O)N12. The Balaban J connectivity index is 1.63. The minimum absolute atomic E-state index is 0.129. The van der Waals surface area contributed by atoms with E-state index in [0.717, 1.165) is 12.0 Å². The van der Waals surface area contributed by atoms with Crippen molar-refractivity contribution in [2.45, 2.75) is 50.7 Å². The Kier molecular flexibility index (Phi) is 6.30. The van der Waals surface area contributed by atoms with E-state index in [1.807, 2.05) is 32.0 Å². The molecule has 7 nitrogen and oxygen atoms in total. The van der Waals surface area contributed by atoms with Crippen molar-refractivity contribution in [1.29, 1.82) is 0 Å². The van der Waals surface area contributed by atoms with Crippen molar-refractivity contribution in [3.05, 3.63) is 35.4 Å². The number of thioether (sulfide) groups is 1.